The van der Waals surface area contributed by atoms with Gasteiger partial charge in [0, 0.05) is 24.7 Å². The number of aromatic nitrogens is 1. The molecule has 0 radical (unpaired) electrons. The third-order valence-corrected chi connectivity index (χ3v) is 3.50. The summed E-state index contributed by atoms with van der Waals surface area (Å²) in [4.78, 5) is 4.07. The van der Waals surface area contributed by atoms with Crippen LogP contribution in [0.25, 0.3) is 0 Å². The van der Waals surface area contributed by atoms with E-state index in [1.165, 1.54) is 6.26 Å². The second-order valence-electron chi connectivity index (χ2n) is 4.33. The van der Waals surface area contributed by atoms with Crippen molar-refractivity contribution in [3.63, 3.8) is 0 Å². The Kier molecular flexibility index (Phi) is 5.08. The van der Waals surface area contributed by atoms with Gasteiger partial charge in [0.1, 0.15) is 9.84 Å². The molecule has 96 valence electrons. The normalized spacial score (nSPS) is 13.6. The third kappa shape index (κ3) is 4.83. The van der Waals surface area contributed by atoms with Crippen LogP contribution in [0.3, 0.4) is 0 Å². The molecule has 0 amide bonds. The lowest BCUT2D eigenvalue weighted by Crippen LogP contribution is -2.29. The maximum absolute atomic E-state index is 11.4. The first-order valence-electron chi connectivity index (χ1n) is 5.75. The van der Waals surface area contributed by atoms with E-state index >= 15 is 0 Å². The van der Waals surface area contributed by atoms with E-state index in [-0.39, 0.29) is 11.8 Å². The number of hydrogen-bond donors (Lipinski definition) is 1. The summed E-state index contributed by atoms with van der Waals surface area (Å²) in [7, 11) is -3.01. The minimum absolute atomic E-state index is 0.111. The van der Waals surface area contributed by atoms with E-state index in [1.54, 1.807) is 12.4 Å². The predicted molar refractivity (Wildman–Crippen MR) is 69.7 cm³/mol. The fourth-order valence-corrected chi connectivity index (χ4v) is 2.62. The number of nitrogens with zero attached hydrogens (tertiary/aromatic N) is 1. The number of pyridine rings is 1. The molecular weight excluding hydrogens is 236 g/mol. The van der Waals surface area contributed by atoms with Gasteiger partial charge >= 0.3 is 0 Å². The summed E-state index contributed by atoms with van der Waals surface area (Å²) in [5.41, 5.74) is 2.03. The van der Waals surface area contributed by atoms with Crippen molar-refractivity contribution in [1.82, 2.24) is 10.3 Å². The summed E-state index contributed by atoms with van der Waals surface area (Å²) >= 11 is 0. The summed E-state index contributed by atoms with van der Waals surface area (Å²) in [6, 6.07) is 1.73. The fourth-order valence-electron chi connectivity index (χ4n) is 1.72. The molecule has 0 fully saturated rings. The molecule has 0 spiro atoms. The molecule has 0 aliphatic carbocycles. The highest BCUT2D eigenvalue weighted by atomic mass is 32.2. The molecule has 1 aromatic rings. The molecule has 1 N–H and O–H groups in total. The molecule has 1 aromatic heterocycles. The lowest BCUT2D eigenvalue weighted by Gasteiger charge is -2.19. The monoisotopic (exact) mass is 256 g/mol. The Morgan fingerprint density at radius 3 is 2.71 bits per heavy atom. The molecule has 1 rings (SSSR count). The predicted octanol–water partition coefficient (Wildman–Crippen LogP) is 1.48. The summed E-state index contributed by atoms with van der Waals surface area (Å²) in [5, 5.41) is 3.26. The van der Waals surface area contributed by atoms with Crippen molar-refractivity contribution in [3.8, 4) is 0 Å². The van der Waals surface area contributed by atoms with Crippen LogP contribution in [-0.2, 0) is 9.84 Å². The van der Waals surface area contributed by atoms with Crippen LogP contribution in [0.1, 0.15) is 30.5 Å². The number of sulfone groups is 1. The Morgan fingerprint density at radius 1 is 1.47 bits per heavy atom. The van der Waals surface area contributed by atoms with Crippen molar-refractivity contribution >= 4 is 9.84 Å². The molecule has 0 aliphatic rings. The topological polar surface area (TPSA) is 59.1 Å². The minimum atomic E-state index is -3.01. The molecule has 0 saturated carbocycles. The van der Waals surface area contributed by atoms with Crippen molar-refractivity contribution in [1.29, 1.82) is 0 Å². The molecule has 1 unspecified atom stereocenters. The van der Waals surface area contributed by atoms with Gasteiger partial charge in [0.05, 0.1) is 5.75 Å². The maximum Gasteiger partial charge on any atom is 0.149 e. The molecule has 0 aliphatic heterocycles. The van der Waals surface area contributed by atoms with Crippen LogP contribution in [-0.4, -0.2) is 32.0 Å². The van der Waals surface area contributed by atoms with E-state index in [0.29, 0.717) is 0 Å². The van der Waals surface area contributed by atoms with Gasteiger partial charge in [-0.2, -0.15) is 0 Å². The molecular formula is C12H20N2O2S. The quantitative estimate of drug-likeness (QED) is 0.837. The zero-order chi connectivity index (χ0) is 12.9. The molecule has 1 heterocycles. The van der Waals surface area contributed by atoms with Gasteiger partial charge in [-0.05, 0) is 37.1 Å². The second kappa shape index (κ2) is 6.12. The summed E-state index contributed by atoms with van der Waals surface area (Å²) in [6.45, 7) is 4.83. The summed E-state index contributed by atoms with van der Waals surface area (Å²) in [5.74, 6) is 0.111. The zero-order valence-corrected chi connectivity index (χ0v) is 11.4. The molecule has 0 bridgehead atoms. The minimum Gasteiger partial charge on any atom is -0.309 e. The largest absolute Gasteiger partial charge is 0.309 e. The Labute approximate surface area is 103 Å². The van der Waals surface area contributed by atoms with Gasteiger partial charge in [0.2, 0.25) is 0 Å². The highest BCUT2D eigenvalue weighted by Crippen LogP contribution is 2.17. The van der Waals surface area contributed by atoms with Crippen LogP contribution in [0.5, 0.6) is 0 Å². The molecule has 0 aromatic carbocycles. The van der Waals surface area contributed by atoms with Gasteiger partial charge in [-0.25, -0.2) is 8.42 Å². The average Bonchev–Trinajstić information content (AvgIpc) is 2.23. The SMILES string of the molecule is CCCNC(CS(C)(=O)=O)c1cnccc1C. The Balaban J connectivity index is 2.94. The lowest BCUT2D eigenvalue weighted by atomic mass is 10.1. The van der Waals surface area contributed by atoms with Crippen LogP contribution >= 0.6 is 0 Å². The van der Waals surface area contributed by atoms with Crippen LogP contribution in [0.15, 0.2) is 18.5 Å². The van der Waals surface area contributed by atoms with Gasteiger partial charge in [-0.1, -0.05) is 6.92 Å². The third-order valence-electron chi connectivity index (χ3n) is 2.57. The van der Waals surface area contributed by atoms with E-state index in [4.69, 9.17) is 0 Å². The van der Waals surface area contributed by atoms with Crippen LogP contribution in [0.2, 0.25) is 0 Å². The van der Waals surface area contributed by atoms with Gasteiger partial charge < -0.3 is 5.32 Å². The summed E-state index contributed by atoms with van der Waals surface area (Å²) in [6.07, 6.45) is 5.70. The number of nitrogens with one attached hydrogen (secondary N) is 1. The Morgan fingerprint density at radius 2 is 2.18 bits per heavy atom. The van der Waals surface area contributed by atoms with E-state index < -0.39 is 9.84 Å². The zero-order valence-electron chi connectivity index (χ0n) is 10.6. The molecule has 1 atom stereocenters. The lowest BCUT2D eigenvalue weighted by molar-refractivity contribution is 0.547. The van der Waals surface area contributed by atoms with Crippen molar-refractivity contribution in [2.45, 2.75) is 26.3 Å². The molecule has 4 nitrogen and oxygen atoms in total. The van der Waals surface area contributed by atoms with Gasteiger partial charge in [0.25, 0.3) is 0 Å². The average molecular weight is 256 g/mol. The van der Waals surface area contributed by atoms with Crippen LogP contribution in [0, 0.1) is 6.92 Å². The molecule has 5 heteroatoms. The van der Waals surface area contributed by atoms with Crippen molar-refractivity contribution in [2.24, 2.45) is 0 Å². The highest BCUT2D eigenvalue weighted by molar-refractivity contribution is 7.90. The number of hydrogen-bond acceptors (Lipinski definition) is 4. The van der Waals surface area contributed by atoms with E-state index in [0.717, 1.165) is 24.1 Å². The first kappa shape index (κ1) is 14.1. The first-order chi connectivity index (χ1) is 7.94. The number of aryl methyl sites for hydroxylation is 1. The molecule has 17 heavy (non-hydrogen) atoms. The highest BCUT2D eigenvalue weighted by Gasteiger charge is 2.18. The van der Waals surface area contributed by atoms with E-state index in [2.05, 4.69) is 17.2 Å². The van der Waals surface area contributed by atoms with E-state index in [9.17, 15) is 8.42 Å². The van der Waals surface area contributed by atoms with Crippen LogP contribution in [0.4, 0.5) is 0 Å². The van der Waals surface area contributed by atoms with Gasteiger partial charge in [-0.15, -0.1) is 0 Å². The fraction of sp³-hybridized carbons (Fsp3) is 0.583. The van der Waals surface area contributed by atoms with Gasteiger partial charge in [-0.3, -0.25) is 4.98 Å². The van der Waals surface area contributed by atoms with Gasteiger partial charge in [0.15, 0.2) is 0 Å². The van der Waals surface area contributed by atoms with E-state index in [1.807, 2.05) is 13.0 Å². The van der Waals surface area contributed by atoms with Crippen molar-refractivity contribution in [3.05, 3.63) is 29.6 Å². The standard InChI is InChI=1S/C12H20N2O2S/c1-4-6-14-12(9-17(3,15)16)11-8-13-7-5-10(11)2/h5,7-8,12,14H,4,6,9H2,1-3H3. The maximum atomic E-state index is 11.4. The van der Waals surface area contributed by atoms with Crippen molar-refractivity contribution in [2.75, 3.05) is 18.6 Å². The Bertz CT molecular complexity index is 457. The molecule has 0 saturated heterocycles. The first-order valence-corrected chi connectivity index (χ1v) is 7.81. The second-order valence-corrected chi connectivity index (χ2v) is 6.52. The van der Waals surface area contributed by atoms with Crippen LogP contribution < -0.4 is 5.32 Å². The smallest absolute Gasteiger partial charge is 0.149 e. The number of rotatable bonds is 6. The van der Waals surface area contributed by atoms with Crippen molar-refractivity contribution < 1.29 is 8.42 Å². The Hall–Kier alpha value is -0.940. The summed E-state index contributed by atoms with van der Waals surface area (Å²) < 4.78 is 22.9.